The van der Waals surface area contributed by atoms with Crippen LogP contribution in [0.1, 0.15) is 34.3 Å². The molecule has 3 heterocycles. The molecule has 1 fully saturated rings. The van der Waals surface area contributed by atoms with E-state index in [0.29, 0.717) is 40.2 Å². The second-order valence-corrected chi connectivity index (χ2v) is 10.4. The van der Waals surface area contributed by atoms with Crippen LogP contribution < -0.4 is 14.9 Å². The van der Waals surface area contributed by atoms with Crippen LogP contribution in [-0.2, 0) is 22.6 Å². The molecule has 0 spiro atoms. The average molecular weight is 573 g/mol. The normalized spacial score (nSPS) is 15.6. The molecule has 1 saturated heterocycles. The Labute approximate surface area is 241 Å². The Morgan fingerprint density at radius 2 is 1.74 bits per heavy atom. The number of ether oxygens (including phenoxy) is 3. The lowest BCUT2D eigenvalue weighted by Gasteiger charge is -2.29. The van der Waals surface area contributed by atoms with Crippen molar-refractivity contribution in [1.82, 2.24) is 9.80 Å². The highest BCUT2D eigenvalue weighted by atomic mass is 19.1. The first-order chi connectivity index (χ1) is 20.4. The Balaban J connectivity index is 1.29. The van der Waals surface area contributed by atoms with Gasteiger partial charge in [-0.3, -0.25) is 14.4 Å². The molecule has 0 aliphatic carbocycles. The molecule has 4 aromatic rings. The maximum Gasteiger partial charge on any atom is 0.254 e. The maximum atomic E-state index is 13.9. The summed E-state index contributed by atoms with van der Waals surface area (Å²) in [7, 11) is 0. The summed E-state index contributed by atoms with van der Waals surface area (Å²) < 4.78 is 35.9. The summed E-state index contributed by atoms with van der Waals surface area (Å²) >= 11 is 0. The molecule has 10 heteroatoms. The van der Waals surface area contributed by atoms with Crippen LogP contribution in [0.2, 0.25) is 0 Å². The van der Waals surface area contributed by atoms with Crippen molar-refractivity contribution in [2.45, 2.75) is 32.0 Å². The SMILES string of the molecule is O=C(CN(CC1CCCO1)C(=O)c1ccc2c(c1)OCO2)N(Cc1ccc(F)cc1)Cc1coc2ccccc2c1=O. The predicted octanol–water partition coefficient (Wildman–Crippen LogP) is 4.51. The molecule has 0 N–H and O–H groups in total. The van der Waals surface area contributed by atoms with Crippen molar-refractivity contribution in [1.29, 1.82) is 0 Å². The van der Waals surface area contributed by atoms with Gasteiger partial charge in [-0.1, -0.05) is 24.3 Å². The molecular weight excluding hydrogens is 543 g/mol. The van der Waals surface area contributed by atoms with E-state index in [9.17, 15) is 18.8 Å². The molecule has 1 unspecified atom stereocenters. The number of rotatable bonds is 9. The minimum absolute atomic E-state index is 0.0602. The van der Waals surface area contributed by atoms with Crippen molar-refractivity contribution in [2.75, 3.05) is 26.5 Å². The van der Waals surface area contributed by atoms with Gasteiger partial charge in [0, 0.05) is 25.3 Å². The summed E-state index contributed by atoms with van der Waals surface area (Å²) in [6.45, 7) is 0.673. The highest BCUT2D eigenvalue weighted by Gasteiger charge is 2.29. The summed E-state index contributed by atoms with van der Waals surface area (Å²) in [6, 6.07) is 17.6. The second-order valence-electron chi connectivity index (χ2n) is 10.4. The van der Waals surface area contributed by atoms with Gasteiger partial charge in [0.1, 0.15) is 17.9 Å². The van der Waals surface area contributed by atoms with Crippen molar-refractivity contribution in [3.05, 3.63) is 106 Å². The lowest BCUT2D eigenvalue weighted by molar-refractivity contribution is -0.133. The van der Waals surface area contributed by atoms with E-state index in [0.717, 1.165) is 12.8 Å². The largest absolute Gasteiger partial charge is 0.464 e. The van der Waals surface area contributed by atoms with Crippen LogP contribution >= 0.6 is 0 Å². The van der Waals surface area contributed by atoms with Crippen LogP contribution in [0.3, 0.4) is 0 Å². The molecular formula is C32H29FN2O7. The quantitative estimate of drug-likeness (QED) is 0.291. The Bertz CT molecular complexity index is 1660. The van der Waals surface area contributed by atoms with Gasteiger partial charge in [-0.05, 0) is 60.9 Å². The number of para-hydroxylation sites is 1. The van der Waals surface area contributed by atoms with E-state index in [1.807, 2.05) is 0 Å². The molecule has 1 aromatic heterocycles. The molecule has 6 rings (SSSR count). The van der Waals surface area contributed by atoms with Crippen molar-refractivity contribution < 1.29 is 32.6 Å². The molecule has 0 saturated carbocycles. The molecule has 0 radical (unpaired) electrons. The van der Waals surface area contributed by atoms with Gasteiger partial charge in [-0.25, -0.2) is 4.39 Å². The van der Waals surface area contributed by atoms with Gasteiger partial charge in [0.15, 0.2) is 16.9 Å². The summed E-state index contributed by atoms with van der Waals surface area (Å²) in [5.74, 6) is -0.134. The van der Waals surface area contributed by atoms with Gasteiger partial charge < -0.3 is 28.4 Å². The van der Waals surface area contributed by atoms with E-state index in [1.54, 1.807) is 54.6 Å². The number of hydrogen-bond acceptors (Lipinski definition) is 7. The third kappa shape index (κ3) is 5.99. The fourth-order valence-corrected chi connectivity index (χ4v) is 5.20. The van der Waals surface area contributed by atoms with E-state index in [2.05, 4.69) is 0 Å². The molecule has 0 bridgehead atoms. The molecule has 2 aliphatic heterocycles. The van der Waals surface area contributed by atoms with Crippen molar-refractivity contribution in [3.8, 4) is 11.5 Å². The van der Waals surface area contributed by atoms with E-state index in [-0.39, 0.29) is 61.9 Å². The molecule has 1 atom stereocenters. The van der Waals surface area contributed by atoms with E-state index >= 15 is 0 Å². The molecule has 42 heavy (non-hydrogen) atoms. The smallest absolute Gasteiger partial charge is 0.254 e. The Hall–Kier alpha value is -4.70. The fourth-order valence-electron chi connectivity index (χ4n) is 5.20. The first kappa shape index (κ1) is 27.5. The number of fused-ring (bicyclic) bond motifs is 2. The molecule has 2 aliphatic rings. The minimum atomic E-state index is -0.399. The lowest BCUT2D eigenvalue weighted by Crippen LogP contribution is -2.45. The van der Waals surface area contributed by atoms with Crippen molar-refractivity contribution in [3.63, 3.8) is 0 Å². The third-order valence-electron chi connectivity index (χ3n) is 7.43. The van der Waals surface area contributed by atoms with Crippen LogP contribution in [0, 0.1) is 5.82 Å². The predicted molar refractivity (Wildman–Crippen MR) is 151 cm³/mol. The fraction of sp³-hybridized carbons (Fsp3) is 0.281. The zero-order valence-electron chi connectivity index (χ0n) is 22.8. The zero-order valence-corrected chi connectivity index (χ0v) is 22.8. The number of nitrogens with zero attached hydrogens (tertiary/aromatic N) is 2. The lowest BCUT2D eigenvalue weighted by atomic mass is 10.1. The number of carbonyl (C=O) groups is 2. The van der Waals surface area contributed by atoms with Gasteiger partial charge in [0.05, 0.1) is 29.9 Å². The van der Waals surface area contributed by atoms with Crippen LogP contribution in [0.4, 0.5) is 4.39 Å². The molecule has 9 nitrogen and oxygen atoms in total. The maximum absolute atomic E-state index is 13.9. The Kier molecular flexibility index (Phi) is 7.87. The third-order valence-corrected chi connectivity index (χ3v) is 7.43. The van der Waals surface area contributed by atoms with Gasteiger partial charge in [-0.2, -0.15) is 0 Å². The summed E-state index contributed by atoms with van der Waals surface area (Å²) in [4.78, 5) is 43.9. The van der Waals surface area contributed by atoms with Crippen molar-refractivity contribution in [2.24, 2.45) is 0 Å². The monoisotopic (exact) mass is 572 g/mol. The van der Waals surface area contributed by atoms with Crippen LogP contribution in [0.5, 0.6) is 11.5 Å². The van der Waals surface area contributed by atoms with Gasteiger partial charge in [-0.15, -0.1) is 0 Å². The van der Waals surface area contributed by atoms with Gasteiger partial charge >= 0.3 is 0 Å². The van der Waals surface area contributed by atoms with Crippen molar-refractivity contribution >= 4 is 22.8 Å². The standard InChI is InChI=1S/C32H29FN2O7/c33-24-10-7-21(8-11-24)15-34(16-23-19-40-27-6-2-1-5-26(27)31(23)37)30(36)18-35(17-25-4-3-13-39-25)32(38)22-9-12-28-29(14-22)42-20-41-28/h1-2,5-12,14,19,25H,3-4,13,15-18,20H2. The summed E-state index contributed by atoms with van der Waals surface area (Å²) in [6.07, 6.45) is 2.81. The second kappa shape index (κ2) is 12.0. The number of benzene rings is 3. The van der Waals surface area contributed by atoms with E-state index < -0.39 is 5.82 Å². The van der Waals surface area contributed by atoms with Crippen LogP contribution in [0.25, 0.3) is 11.0 Å². The number of halogens is 1. The highest BCUT2D eigenvalue weighted by molar-refractivity contribution is 5.97. The summed E-state index contributed by atoms with van der Waals surface area (Å²) in [5, 5.41) is 0.405. The first-order valence-electron chi connectivity index (χ1n) is 13.8. The minimum Gasteiger partial charge on any atom is -0.464 e. The number of carbonyl (C=O) groups excluding carboxylic acids is 2. The summed E-state index contributed by atoms with van der Waals surface area (Å²) in [5.41, 5.74) is 1.51. The van der Waals surface area contributed by atoms with Crippen LogP contribution in [0.15, 0.2) is 82.2 Å². The van der Waals surface area contributed by atoms with E-state index in [4.69, 9.17) is 18.6 Å². The Morgan fingerprint density at radius 1 is 0.929 bits per heavy atom. The topological polar surface area (TPSA) is 98.5 Å². The highest BCUT2D eigenvalue weighted by Crippen LogP contribution is 2.33. The molecule has 3 aromatic carbocycles. The first-order valence-corrected chi connectivity index (χ1v) is 13.8. The van der Waals surface area contributed by atoms with Gasteiger partial charge in [0.2, 0.25) is 12.7 Å². The molecule has 216 valence electrons. The van der Waals surface area contributed by atoms with E-state index in [1.165, 1.54) is 28.2 Å². The number of hydrogen-bond donors (Lipinski definition) is 0. The number of amides is 2. The molecule has 2 amide bonds. The van der Waals surface area contributed by atoms with Crippen LogP contribution in [-0.4, -0.2) is 54.2 Å². The zero-order chi connectivity index (χ0) is 29.1. The van der Waals surface area contributed by atoms with Gasteiger partial charge in [0.25, 0.3) is 5.91 Å². The Morgan fingerprint density at radius 3 is 2.55 bits per heavy atom. The average Bonchev–Trinajstić information content (AvgIpc) is 3.70.